The molecule has 0 aromatic carbocycles. The Morgan fingerprint density at radius 3 is 2.89 bits per heavy atom. The number of amides is 1. The second kappa shape index (κ2) is 7.07. The number of primary amides is 1. The van der Waals surface area contributed by atoms with Crippen LogP contribution in [0.1, 0.15) is 33.1 Å². The summed E-state index contributed by atoms with van der Waals surface area (Å²) in [5, 5.41) is 3.02. The van der Waals surface area contributed by atoms with Gasteiger partial charge in [-0.15, -0.1) is 0 Å². The molecule has 2 atom stereocenters. The minimum atomic E-state index is -0.613. The topological polar surface area (TPSA) is 67.6 Å². The molecule has 0 aromatic rings. The molecular formula is C13H27N3O2. The van der Waals surface area contributed by atoms with Gasteiger partial charge < -0.3 is 20.7 Å². The summed E-state index contributed by atoms with van der Waals surface area (Å²) in [6.07, 6.45) is 3.39. The van der Waals surface area contributed by atoms with E-state index in [1.54, 1.807) is 7.05 Å². The zero-order valence-corrected chi connectivity index (χ0v) is 11.9. The third kappa shape index (κ3) is 4.23. The molecule has 18 heavy (non-hydrogen) atoms. The predicted octanol–water partition coefficient (Wildman–Crippen LogP) is 0.341. The van der Waals surface area contributed by atoms with Gasteiger partial charge in [0.05, 0.1) is 11.6 Å². The summed E-state index contributed by atoms with van der Waals surface area (Å²) in [7, 11) is 1.78. The van der Waals surface area contributed by atoms with E-state index in [2.05, 4.69) is 10.2 Å². The first-order chi connectivity index (χ1) is 8.51. The number of rotatable bonds is 7. The minimum absolute atomic E-state index is 0.289. The van der Waals surface area contributed by atoms with Crippen LogP contribution in [0.2, 0.25) is 0 Å². The van der Waals surface area contributed by atoms with Crippen LogP contribution in [0.3, 0.4) is 0 Å². The molecule has 0 radical (unpaired) electrons. The molecule has 1 saturated heterocycles. The Bertz CT molecular complexity index is 271. The molecule has 0 aromatic heterocycles. The first-order valence-electron chi connectivity index (χ1n) is 6.84. The Morgan fingerprint density at radius 1 is 1.61 bits per heavy atom. The van der Waals surface area contributed by atoms with Gasteiger partial charge in [0.15, 0.2) is 0 Å². The number of piperidine rings is 1. The fraction of sp³-hybridized carbons (Fsp3) is 0.923. The number of likely N-dealkylation sites (N-methyl/N-ethyl adjacent to an activating group) is 1. The number of nitrogens with two attached hydrogens (primary N) is 1. The van der Waals surface area contributed by atoms with Crippen LogP contribution in [0.4, 0.5) is 0 Å². The monoisotopic (exact) mass is 257 g/mol. The summed E-state index contributed by atoms with van der Waals surface area (Å²) in [5.74, 6) is -0.289. The molecule has 106 valence electrons. The highest BCUT2D eigenvalue weighted by Crippen LogP contribution is 2.16. The summed E-state index contributed by atoms with van der Waals surface area (Å²) in [6.45, 7) is 7.59. The second-order valence-corrected chi connectivity index (χ2v) is 5.22. The normalized spacial score (nSPS) is 24.7. The van der Waals surface area contributed by atoms with E-state index in [1.807, 2.05) is 13.8 Å². The average molecular weight is 257 g/mol. The molecule has 5 heteroatoms. The van der Waals surface area contributed by atoms with Crippen LogP contribution in [0.25, 0.3) is 0 Å². The predicted molar refractivity (Wildman–Crippen MR) is 72.4 cm³/mol. The average Bonchev–Trinajstić information content (AvgIpc) is 2.36. The Balaban J connectivity index is 2.40. The molecule has 0 spiro atoms. The van der Waals surface area contributed by atoms with E-state index in [0.717, 1.165) is 45.5 Å². The molecule has 1 fully saturated rings. The van der Waals surface area contributed by atoms with Crippen molar-refractivity contribution in [2.75, 3.05) is 33.3 Å². The van der Waals surface area contributed by atoms with E-state index in [0.29, 0.717) is 6.10 Å². The lowest BCUT2D eigenvalue weighted by molar-refractivity contribution is -0.124. The Hall–Kier alpha value is -0.650. The van der Waals surface area contributed by atoms with Gasteiger partial charge in [0.2, 0.25) is 5.91 Å². The van der Waals surface area contributed by atoms with Crippen LogP contribution in [-0.4, -0.2) is 55.7 Å². The number of likely N-dealkylation sites (tertiary alicyclic amines) is 1. The van der Waals surface area contributed by atoms with Crippen molar-refractivity contribution in [3.05, 3.63) is 0 Å². The SMILES string of the molecule is CCOC1CCCN(CCC(C)(NC)C(N)=O)C1. The number of nitrogens with one attached hydrogen (secondary N) is 1. The van der Waals surface area contributed by atoms with Gasteiger partial charge in [-0.25, -0.2) is 0 Å². The number of hydrogen-bond donors (Lipinski definition) is 2. The van der Waals surface area contributed by atoms with Crippen LogP contribution in [0.5, 0.6) is 0 Å². The van der Waals surface area contributed by atoms with E-state index in [4.69, 9.17) is 10.5 Å². The maximum Gasteiger partial charge on any atom is 0.237 e. The summed E-state index contributed by atoms with van der Waals surface area (Å²) in [6, 6.07) is 0. The van der Waals surface area contributed by atoms with Crippen molar-refractivity contribution in [3.63, 3.8) is 0 Å². The van der Waals surface area contributed by atoms with Crippen LogP contribution in [0, 0.1) is 0 Å². The Labute approximate surface area is 110 Å². The van der Waals surface area contributed by atoms with Crippen molar-refractivity contribution in [1.82, 2.24) is 10.2 Å². The maximum atomic E-state index is 11.4. The van der Waals surface area contributed by atoms with Gasteiger partial charge in [-0.05, 0) is 46.7 Å². The number of ether oxygens (including phenoxy) is 1. The fourth-order valence-corrected chi connectivity index (χ4v) is 2.34. The third-order valence-corrected chi connectivity index (χ3v) is 3.89. The molecule has 0 bridgehead atoms. The van der Waals surface area contributed by atoms with E-state index in [9.17, 15) is 4.79 Å². The zero-order valence-electron chi connectivity index (χ0n) is 11.9. The quantitative estimate of drug-likeness (QED) is 0.690. The summed E-state index contributed by atoms with van der Waals surface area (Å²) < 4.78 is 5.67. The lowest BCUT2D eigenvalue weighted by Gasteiger charge is -2.35. The van der Waals surface area contributed by atoms with Crippen LogP contribution < -0.4 is 11.1 Å². The molecular weight excluding hydrogens is 230 g/mol. The smallest absolute Gasteiger partial charge is 0.237 e. The first-order valence-corrected chi connectivity index (χ1v) is 6.84. The van der Waals surface area contributed by atoms with Gasteiger partial charge in [0.1, 0.15) is 0 Å². The minimum Gasteiger partial charge on any atom is -0.377 e. The molecule has 0 aliphatic carbocycles. The third-order valence-electron chi connectivity index (χ3n) is 3.89. The highest BCUT2D eigenvalue weighted by molar-refractivity contribution is 5.84. The molecule has 5 nitrogen and oxygen atoms in total. The molecule has 2 unspecified atom stereocenters. The van der Waals surface area contributed by atoms with E-state index < -0.39 is 5.54 Å². The van der Waals surface area contributed by atoms with Gasteiger partial charge in [0.25, 0.3) is 0 Å². The van der Waals surface area contributed by atoms with Gasteiger partial charge in [-0.1, -0.05) is 0 Å². The van der Waals surface area contributed by atoms with E-state index in [1.165, 1.54) is 0 Å². The largest absolute Gasteiger partial charge is 0.377 e. The van der Waals surface area contributed by atoms with Crippen molar-refractivity contribution in [3.8, 4) is 0 Å². The summed E-state index contributed by atoms with van der Waals surface area (Å²) >= 11 is 0. The number of carbonyl (C=O) groups is 1. The van der Waals surface area contributed by atoms with Gasteiger partial charge in [-0.3, -0.25) is 4.79 Å². The van der Waals surface area contributed by atoms with Crippen LogP contribution >= 0.6 is 0 Å². The van der Waals surface area contributed by atoms with Crippen molar-refractivity contribution < 1.29 is 9.53 Å². The lowest BCUT2D eigenvalue weighted by Crippen LogP contribution is -2.53. The van der Waals surface area contributed by atoms with Gasteiger partial charge in [-0.2, -0.15) is 0 Å². The summed E-state index contributed by atoms with van der Waals surface area (Å²) in [5.41, 5.74) is 4.81. The van der Waals surface area contributed by atoms with Crippen molar-refractivity contribution in [2.45, 2.75) is 44.8 Å². The fourth-order valence-electron chi connectivity index (χ4n) is 2.34. The van der Waals surface area contributed by atoms with Gasteiger partial charge in [0, 0.05) is 19.7 Å². The van der Waals surface area contributed by atoms with Crippen LogP contribution in [0.15, 0.2) is 0 Å². The molecule has 1 aliphatic rings. The second-order valence-electron chi connectivity index (χ2n) is 5.22. The lowest BCUT2D eigenvalue weighted by atomic mass is 9.96. The number of hydrogen-bond acceptors (Lipinski definition) is 4. The highest BCUT2D eigenvalue weighted by Gasteiger charge is 2.30. The molecule has 0 saturated carbocycles. The zero-order chi connectivity index (χ0) is 13.6. The van der Waals surface area contributed by atoms with Crippen molar-refractivity contribution in [1.29, 1.82) is 0 Å². The van der Waals surface area contributed by atoms with Crippen LogP contribution in [-0.2, 0) is 9.53 Å². The highest BCUT2D eigenvalue weighted by atomic mass is 16.5. The van der Waals surface area contributed by atoms with Gasteiger partial charge >= 0.3 is 0 Å². The first kappa shape index (κ1) is 15.4. The Kier molecular flexibility index (Phi) is 6.05. The standard InChI is InChI=1S/C13H27N3O2/c1-4-18-11-6-5-8-16(10-11)9-7-13(2,15-3)12(14)17/h11,15H,4-10H2,1-3H3,(H2,14,17). The van der Waals surface area contributed by atoms with E-state index in [-0.39, 0.29) is 5.91 Å². The Morgan fingerprint density at radius 2 is 2.33 bits per heavy atom. The molecule has 1 amide bonds. The molecule has 1 rings (SSSR count). The number of nitrogens with zero attached hydrogens (tertiary/aromatic N) is 1. The van der Waals surface area contributed by atoms with Crippen molar-refractivity contribution in [2.24, 2.45) is 5.73 Å². The number of carbonyl (C=O) groups excluding carboxylic acids is 1. The molecule has 3 N–H and O–H groups in total. The van der Waals surface area contributed by atoms with Crippen molar-refractivity contribution >= 4 is 5.91 Å². The molecule has 1 heterocycles. The maximum absolute atomic E-state index is 11.4. The van der Waals surface area contributed by atoms with E-state index >= 15 is 0 Å². The summed E-state index contributed by atoms with van der Waals surface area (Å²) in [4.78, 5) is 13.8. The molecule has 1 aliphatic heterocycles.